The fourth-order valence-electron chi connectivity index (χ4n) is 4.51. The second-order valence-electron chi connectivity index (χ2n) is 9.19. The Bertz CT molecular complexity index is 1140. The molecule has 2 aromatic carbocycles. The number of aromatic nitrogens is 1. The van der Waals surface area contributed by atoms with Gasteiger partial charge in [0.1, 0.15) is 12.4 Å². The number of hydrogen-bond acceptors (Lipinski definition) is 3. The van der Waals surface area contributed by atoms with Gasteiger partial charge < -0.3 is 19.7 Å². The third kappa shape index (κ3) is 5.68. The van der Waals surface area contributed by atoms with Crippen molar-refractivity contribution in [1.29, 1.82) is 0 Å². The summed E-state index contributed by atoms with van der Waals surface area (Å²) in [5.74, 6) is -0.347. The van der Waals surface area contributed by atoms with Crippen LogP contribution >= 0.6 is 0 Å². The Kier molecular flexibility index (Phi) is 7.36. The second-order valence-corrected chi connectivity index (χ2v) is 9.19. The summed E-state index contributed by atoms with van der Waals surface area (Å²) in [4.78, 5) is 29.5. The van der Waals surface area contributed by atoms with Crippen molar-refractivity contribution in [3.05, 3.63) is 88.7 Å². The Morgan fingerprint density at radius 2 is 1.91 bits per heavy atom. The number of nitrogens with zero attached hydrogens (tertiary/aromatic N) is 1. The molecule has 178 valence electrons. The summed E-state index contributed by atoms with van der Waals surface area (Å²) < 4.78 is 5.92. The summed E-state index contributed by atoms with van der Waals surface area (Å²) in [7, 11) is 0. The van der Waals surface area contributed by atoms with Crippen molar-refractivity contribution in [1.82, 2.24) is 9.88 Å². The maximum Gasteiger partial charge on any atom is 0.306 e. The standard InChI is InChI=1S/C28H32N2O4/c1-19-6-3-4-7-23(19)18-34-24-11-9-21(10-12-24)16-27(31)30-13-5-8-26(30)25-15-22(17-29-25)14-20(2)28(32)33/h3-4,6-7,9-12,15,17,20,26,29H,5,8,13-14,16,18H2,1-2H3,(H,32,33). The van der Waals surface area contributed by atoms with E-state index in [1.807, 2.05) is 53.6 Å². The van der Waals surface area contributed by atoms with Gasteiger partial charge in [0.05, 0.1) is 18.4 Å². The van der Waals surface area contributed by atoms with E-state index >= 15 is 0 Å². The first-order valence-corrected chi connectivity index (χ1v) is 11.9. The van der Waals surface area contributed by atoms with Crippen molar-refractivity contribution in [3.8, 4) is 5.75 Å². The van der Waals surface area contributed by atoms with Crippen LogP contribution in [-0.4, -0.2) is 33.4 Å². The molecule has 3 aromatic rings. The van der Waals surface area contributed by atoms with Gasteiger partial charge in [-0.25, -0.2) is 0 Å². The zero-order chi connectivity index (χ0) is 24.1. The number of rotatable bonds is 9. The number of ether oxygens (including phenoxy) is 1. The molecule has 1 aliphatic rings. The molecule has 6 nitrogen and oxygen atoms in total. The lowest BCUT2D eigenvalue weighted by Crippen LogP contribution is -2.32. The Labute approximate surface area is 200 Å². The first-order chi connectivity index (χ1) is 16.4. The normalized spacial score (nSPS) is 16.4. The van der Waals surface area contributed by atoms with Crippen molar-refractivity contribution >= 4 is 11.9 Å². The lowest BCUT2D eigenvalue weighted by Gasteiger charge is -2.24. The minimum atomic E-state index is -0.799. The summed E-state index contributed by atoms with van der Waals surface area (Å²) in [6.45, 7) is 5.04. The van der Waals surface area contributed by atoms with Gasteiger partial charge >= 0.3 is 5.97 Å². The molecule has 0 aliphatic carbocycles. The number of likely N-dealkylation sites (tertiary alicyclic amines) is 1. The van der Waals surface area contributed by atoms with E-state index in [-0.39, 0.29) is 11.9 Å². The molecule has 0 radical (unpaired) electrons. The molecular weight excluding hydrogens is 428 g/mol. The largest absolute Gasteiger partial charge is 0.489 e. The summed E-state index contributed by atoms with van der Waals surface area (Å²) in [6.07, 6.45) is 4.56. The van der Waals surface area contributed by atoms with E-state index in [9.17, 15) is 9.59 Å². The lowest BCUT2D eigenvalue weighted by molar-refractivity contribution is -0.141. The number of H-pyrrole nitrogens is 1. The van der Waals surface area contributed by atoms with E-state index in [0.717, 1.165) is 47.5 Å². The van der Waals surface area contributed by atoms with Crippen molar-refractivity contribution in [2.24, 2.45) is 5.92 Å². The highest BCUT2D eigenvalue weighted by atomic mass is 16.5. The zero-order valence-corrected chi connectivity index (χ0v) is 19.8. The average Bonchev–Trinajstić information content (AvgIpc) is 3.49. The van der Waals surface area contributed by atoms with Crippen LogP contribution in [0.25, 0.3) is 0 Å². The SMILES string of the molecule is Cc1ccccc1COc1ccc(CC(=O)N2CCCC2c2cc(CC(C)C(=O)O)c[nH]2)cc1. The van der Waals surface area contributed by atoms with E-state index in [0.29, 0.717) is 19.4 Å². The highest BCUT2D eigenvalue weighted by Crippen LogP contribution is 2.32. The average molecular weight is 461 g/mol. The molecular formula is C28H32N2O4. The first kappa shape index (κ1) is 23.6. The van der Waals surface area contributed by atoms with Crippen LogP contribution < -0.4 is 4.74 Å². The summed E-state index contributed by atoms with van der Waals surface area (Å²) in [5.41, 5.74) is 5.27. The van der Waals surface area contributed by atoms with Gasteiger partial charge in [0.25, 0.3) is 0 Å². The van der Waals surface area contributed by atoms with E-state index in [1.165, 1.54) is 5.56 Å². The Morgan fingerprint density at radius 1 is 1.15 bits per heavy atom. The van der Waals surface area contributed by atoms with Crippen molar-refractivity contribution < 1.29 is 19.4 Å². The predicted octanol–water partition coefficient (Wildman–Crippen LogP) is 5.07. The van der Waals surface area contributed by atoms with Crippen LogP contribution in [0.2, 0.25) is 0 Å². The Morgan fingerprint density at radius 3 is 2.65 bits per heavy atom. The maximum absolute atomic E-state index is 13.1. The van der Waals surface area contributed by atoms with Gasteiger partial charge in [-0.3, -0.25) is 9.59 Å². The smallest absolute Gasteiger partial charge is 0.306 e. The van der Waals surface area contributed by atoms with E-state index in [4.69, 9.17) is 9.84 Å². The number of carbonyl (C=O) groups excluding carboxylic acids is 1. The Balaban J connectivity index is 1.34. The number of aromatic amines is 1. The molecule has 2 N–H and O–H groups in total. The predicted molar refractivity (Wildman–Crippen MR) is 131 cm³/mol. The number of carboxylic acids is 1. The van der Waals surface area contributed by atoms with Crippen molar-refractivity contribution in [3.63, 3.8) is 0 Å². The summed E-state index contributed by atoms with van der Waals surface area (Å²) in [6, 6.07) is 17.9. The number of aliphatic carboxylic acids is 1. The van der Waals surface area contributed by atoms with Gasteiger partial charge in [-0.1, -0.05) is 43.3 Å². The minimum absolute atomic E-state index is 0.0121. The molecule has 2 unspecified atom stereocenters. The van der Waals surface area contributed by atoms with Crippen LogP contribution in [0, 0.1) is 12.8 Å². The summed E-state index contributed by atoms with van der Waals surface area (Å²) in [5, 5.41) is 9.16. The second kappa shape index (κ2) is 10.6. The van der Waals surface area contributed by atoms with Gasteiger partial charge in [0, 0.05) is 18.4 Å². The third-order valence-electron chi connectivity index (χ3n) is 6.60. The fourth-order valence-corrected chi connectivity index (χ4v) is 4.51. The molecule has 34 heavy (non-hydrogen) atoms. The number of carboxylic acid groups (broad SMARTS) is 1. The molecule has 4 rings (SSSR count). The minimum Gasteiger partial charge on any atom is -0.489 e. The number of nitrogens with one attached hydrogen (secondary N) is 1. The van der Waals surface area contributed by atoms with Crippen LogP contribution in [0.5, 0.6) is 5.75 Å². The topological polar surface area (TPSA) is 82.6 Å². The van der Waals surface area contributed by atoms with E-state index < -0.39 is 11.9 Å². The van der Waals surface area contributed by atoms with Crippen molar-refractivity contribution in [2.75, 3.05) is 6.54 Å². The van der Waals surface area contributed by atoms with Crippen LogP contribution in [-0.2, 0) is 29.0 Å². The van der Waals surface area contributed by atoms with Crippen LogP contribution in [0.4, 0.5) is 0 Å². The van der Waals surface area contributed by atoms with Crippen LogP contribution in [0.3, 0.4) is 0 Å². The number of aryl methyl sites for hydroxylation is 1. The highest BCUT2D eigenvalue weighted by Gasteiger charge is 2.31. The lowest BCUT2D eigenvalue weighted by atomic mass is 10.0. The molecule has 1 fully saturated rings. The summed E-state index contributed by atoms with van der Waals surface area (Å²) >= 11 is 0. The first-order valence-electron chi connectivity index (χ1n) is 11.9. The number of hydrogen-bond donors (Lipinski definition) is 2. The quantitative estimate of drug-likeness (QED) is 0.467. The monoisotopic (exact) mass is 460 g/mol. The molecule has 6 heteroatoms. The third-order valence-corrected chi connectivity index (χ3v) is 6.60. The molecule has 1 amide bonds. The fraction of sp³-hybridized carbons (Fsp3) is 0.357. The molecule has 1 aromatic heterocycles. The van der Waals surface area contributed by atoms with E-state index in [1.54, 1.807) is 6.92 Å². The van der Waals surface area contributed by atoms with Gasteiger partial charge in [0.2, 0.25) is 5.91 Å². The van der Waals surface area contributed by atoms with E-state index in [2.05, 4.69) is 24.0 Å². The molecule has 0 bridgehead atoms. The van der Waals surface area contributed by atoms with Gasteiger partial charge in [-0.05, 0) is 66.6 Å². The molecule has 1 saturated heterocycles. The molecule has 2 heterocycles. The molecule has 1 aliphatic heterocycles. The van der Waals surface area contributed by atoms with Crippen LogP contribution in [0.15, 0.2) is 60.8 Å². The number of carbonyl (C=O) groups is 2. The maximum atomic E-state index is 13.1. The van der Waals surface area contributed by atoms with Gasteiger partial charge in [-0.2, -0.15) is 0 Å². The van der Waals surface area contributed by atoms with Crippen molar-refractivity contribution in [2.45, 2.75) is 52.2 Å². The zero-order valence-electron chi connectivity index (χ0n) is 19.8. The van der Waals surface area contributed by atoms with Gasteiger partial charge in [0.15, 0.2) is 0 Å². The number of amides is 1. The Hall–Kier alpha value is -3.54. The van der Waals surface area contributed by atoms with Crippen LogP contribution in [0.1, 0.15) is 53.8 Å². The molecule has 2 atom stereocenters. The molecule has 0 spiro atoms. The highest BCUT2D eigenvalue weighted by molar-refractivity contribution is 5.79. The number of benzene rings is 2. The van der Waals surface area contributed by atoms with Gasteiger partial charge in [-0.15, -0.1) is 0 Å². The molecule has 0 saturated carbocycles.